The van der Waals surface area contributed by atoms with E-state index in [1.165, 1.54) is 0 Å². The predicted molar refractivity (Wildman–Crippen MR) is 84.8 cm³/mol. The number of hydrogen-bond donors (Lipinski definition) is 2. The molecule has 0 unspecified atom stereocenters. The van der Waals surface area contributed by atoms with Gasteiger partial charge in [-0.3, -0.25) is 9.98 Å². The molecule has 2 N–H and O–H groups in total. The van der Waals surface area contributed by atoms with Crippen molar-refractivity contribution in [2.75, 3.05) is 34.2 Å². The van der Waals surface area contributed by atoms with Crippen LogP contribution in [0.15, 0.2) is 29.4 Å². The molecule has 0 atom stereocenters. The lowest BCUT2D eigenvalue weighted by Gasteiger charge is -2.29. The summed E-state index contributed by atoms with van der Waals surface area (Å²) in [5.41, 5.74) is 1.19. The highest BCUT2D eigenvalue weighted by Gasteiger charge is 2.19. The van der Waals surface area contributed by atoms with Crippen molar-refractivity contribution in [3.8, 4) is 0 Å². The summed E-state index contributed by atoms with van der Waals surface area (Å²) in [6, 6.07) is 5.90. The fourth-order valence-corrected chi connectivity index (χ4v) is 2.13. The van der Waals surface area contributed by atoms with E-state index in [2.05, 4.69) is 53.5 Å². The molecule has 5 nitrogen and oxygen atoms in total. The molecule has 112 valence electrons. The van der Waals surface area contributed by atoms with Crippen LogP contribution in [-0.4, -0.2) is 50.1 Å². The zero-order valence-electron chi connectivity index (χ0n) is 13.3. The van der Waals surface area contributed by atoms with E-state index >= 15 is 0 Å². The first-order valence-electron chi connectivity index (χ1n) is 6.92. The summed E-state index contributed by atoms with van der Waals surface area (Å²) in [4.78, 5) is 10.7. The number of guanidine groups is 1. The fourth-order valence-electron chi connectivity index (χ4n) is 2.13. The van der Waals surface area contributed by atoms with Crippen molar-refractivity contribution in [3.63, 3.8) is 0 Å². The van der Waals surface area contributed by atoms with Gasteiger partial charge in [0.1, 0.15) is 0 Å². The van der Waals surface area contributed by atoms with E-state index in [0.717, 1.165) is 24.7 Å². The summed E-state index contributed by atoms with van der Waals surface area (Å²) in [7, 11) is 5.97. The van der Waals surface area contributed by atoms with Crippen molar-refractivity contribution in [1.29, 1.82) is 0 Å². The Kier molecular flexibility index (Phi) is 6.45. The van der Waals surface area contributed by atoms with Gasteiger partial charge in [0.25, 0.3) is 0 Å². The quantitative estimate of drug-likeness (QED) is 0.608. The van der Waals surface area contributed by atoms with Gasteiger partial charge in [0.05, 0.1) is 12.2 Å². The van der Waals surface area contributed by atoms with Gasteiger partial charge in [-0.1, -0.05) is 19.9 Å². The molecule has 0 aromatic carbocycles. The lowest BCUT2D eigenvalue weighted by Crippen LogP contribution is -2.44. The monoisotopic (exact) mass is 277 g/mol. The Bertz CT molecular complexity index is 412. The molecular formula is C15H27N5. The summed E-state index contributed by atoms with van der Waals surface area (Å²) in [6.07, 6.45) is 1.80. The van der Waals surface area contributed by atoms with Crippen LogP contribution in [0, 0.1) is 5.41 Å². The Morgan fingerprint density at radius 2 is 2.05 bits per heavy atom. The van der Waals surface area contributed by atoms with Gasteiger partial charge in [0.15, 0.2) is 5.96 Å². The highest BCUT2D eigenvalue weighted by Crippen LogP contribution is 2.13. The van der Waals surface area contributed by atoms with E-state index in [1.807, 2.05) is 18.2 Å². The second kappa shape index (κ2) is 7.85. The summed E-state index contributed by atoms with van der Waals surface area (Å²) in [5.74, 6) is 0.808. The van der Waals surface area contributed by atoms with Crippen LogP contribution >= 0.6 is 0 Å². The van der Waals surface area contributed by atoms with Crippen molar-refractivity contribution < 1.29 is 0 Å². The summed E-state index contributed by atoms with van der Waals surface area (Å²) in [6.45, 7) is 7.05. The summed E-state index contributed by atoms with van der Waals surface area (Å²) in [5, 5.41) is 6.64. The van der Waals surface area contributed by atoms with Crippen molar-refractivity contribution in [1.82, 2.24) is 20.5 Å². The van der Waals surface area contributed by atoms with Crippen LogP contribution in [0.2, 0.25) is 0 Å². The third-order valence-electron chi connectivity index (χ3n) is 2.87. The van der Waals surface area contributed by atoms with Crippen molar-refractivity contribution in [2.45, 2.75) is 20.4 Å². The van der Waals surface area contributed by atoms with Crippen molar-refractivity contribution >= 4 is 5.96 Å². The third kappa shape index (κ3) is 6.52. The molecule has 0 aliphatic carbocycles. The second-order valence-corrected chi connectivity index (χ2v) is 6.00. The lowest BCUT2D eigenvalue weighted by atomic mass is 9.93. The minimum atomic E-state index is 0.187. The van der Waals surface area contributed by atoms with E-state index in [1.54, 1.807) is 13.2 Å². The molecule has 1 heterocycles. The Morgan fingerprint density at radius 3 is 2.60 bits per heavy atom. The van der Waals surface area contributed by atoms with E-state index in [0.29, 0.717) is 6.54 Å². The molecule has 0 aliphatic heterocycles. The number of aromatic nitrogens is 1. The van der Waals surface area contributed by atoms with Gasteiger partial charge in [-0.05, 0) is 31.6 Å². The smallest absolute Gasteiger partial charge is 0.191 e. The van der Waals surface area contributed by atoms with Crippen LogP contribution in [0.5, 0.6) is 0 Å². The first kappa shape index (κ1) is 16.4. The Labute approximate surface area is 122 Å². The number of pyridine rings is 1. The molecule has 0 saturated heterocycles. The van der Waals surface area contributed by atoms with Crippen LogP contribution in [0.3, 0.4) is 0 Å². The highest BCUT2D eigenvalue weighted by molar-refractivity contribution is 5.79. The first-order chi connectivity index (χ1) is 9.43. The topological polar surface area (TPSA) is 52.6 Å². The molecule has 1 rings (SSSR count). The van der Waals surface area contributed by atoms with Gasteiger partial charge < -0.3 is 15.5 Å². The number of nitrogens with zero attached hydrogens (tertiary/aromatic N) is 3. The highest BCUT2D eigenvalue weighted by atomic mass is 15.2. The maximum absolute atomic E-state index is 4.28. The normalized spacial score (nSPS) is 12.6. The third-order valence-corrected chi connectivity index (χ3v) is 2.87. The first-order valence-corrected chi connectivity index (χ1v) is 6.92. The summed E-state index contributed by atoms with van der Waals surface area (Å²) < 4.78 is 0. The van der Waals surface area contributed by atoms with Gasteiger partial charge in [-0.15, -0.1) is 0 Å². The standard InChI is InChI=1S/C15H27N5/c1-15(2,12-20(4)5)11-19-14(16-3)18-10-13-8-6-7-9-17-13/h6-9H,10-12H2,1-5H3,(H2,16,18,19). The molecule has 1 aromatic rings. The Morgan fingerprint density at radius 1 is 1.30 bits per heavy atom. The molecule has 0 amide bonds. The molecule has 1 aromatic heterocycles. The molecule has 0 aliphatic rings. The van der Waals surface area contributed by atoms with E-state index in [4.69, 9.17) is 0 Å². The largest absolute Gasteiger partial charge is 0.356 e. The van der Waals surface area contributed by atoms with Crippen molar-refractivity contribution in [3.05, 3.63) is 30.1 Å². The molecule has 5 heteroatoms. The fraction of sp³-hybridized carbons (Fsp3) is 0.600. The van der Waals surface area contributed by atoms with E-state index in [-0.39, 0.29) is 5.41 Å². The molecule has 0 saturated carbocycles. The minimum Gasteiger partial charge on any atom is -0.356 e. The molecule has 0 bridgehead atoms. The second-order valence-electron chi connectivity index (χ2n) is 6.00. The minimum absolute atomic E-state index is 0.187. The van der Waals surface area contributed by atoms with Crippen molar-refractivity contribution in [2.24, 2.45) is 10.4 Å². The lowest BCUT2D eigenvalue weighted by molar-refractivity contribution is 0.241. The number of rotatable bonds is 6. The average molecular weight is 277 g/mol. The number of hydrogen-bond acceptors (Lipinski definition) is 3. The zero-order chi connectivity index (χ0) is 15.0. The Balaban J connectivity index is 2.41. The van der Waals surface area contributed by atoms with Gasteiger partial charge in [0.2, 0.25) is 0 Å². The van der Waals surface area contributed by atoms with Gasteiger partial charge in [0, 0.05) is 26.3 Å². The van der Waals surface area contributed by atoms with Crippen LogP contribution in [0.25, 0.3) is 0 Å². The van der Waals surface area contributed by atoms with Crippen LogP contribution in [0.1, 0.15) is 19.5 Å². The number of nitrogens with one attached hydrogen (secondary N) is 2. The van der Waals surface area contributed by atoms with Crippen LogP contribution in [0.4, 0.5) is 0 Å². The SMILES string of the molecule is CN=C(NCc1ccccn1)NCC(C)(C)CN(C)C. The Hall–Kier alpha value is -1.62. The molecule has 20 heavy (non-hydrogen) atoms. The molecular weight excluding hydrogens is 250 g/mol. The molecule has 0 spiro atoms. The summed E-state index contributed by atoms with van der Waals surface area (Å²) >= 11 is 0. The van der Waals surface area contributed by atoms with E-state index < -0.39 is 0 Å². The maximum atomic E-state index is 4.28. The molecule has 0 fully saturated rings. The van der Waals surface area contributed by atoms with Crippen LogP contribution in [-0.2, 0) is 6.54 Å². The zero-order valence-corrected chi connectivity index (χ0v) is 13.3. The number of aliphatic imine (C=N–C) groups is 1. The van der Waals surface area contributed by atoms with Gasteiger partial charge in [-0.2, -0.15) is 0 Å². The van der Waals surface area contributed by atoms with E-state index in [9.17, 15) is 0 Å². The molecule has 0 radical (unpaired) electrons. The average Bonchev–Trinajstić information content (AvgIpc) is 2.38. The van der Waals surface area contributed by atoms with Crippen LogP contribution < -0.4 is 10.6 Å². The van der Waals surface area contributed by atoms with Gasteiger partial charge >= 0.3 is 0 Å². The van der Waals surface area contributed by atoms with Gasteiger partial charge in [-0.25, -0.2) is 0 Å². The predicted octanol–water partition coefficient (Wildman–Crippen LogP) is 1.33. The maximum Gasteiger partial charge on any atom is 0.191 e.